The van der Waals surface area contributed by atoms with Gasteiger partial charge in [-0.2, -0.15) is 4.39 Å². The van der Waals surface area contributed by atoms with Gasteiger partial charge in [0.2, 0.25) is 5.95 Å². The van der Waals surface area contributed by atoms with E-state index in [1.54, 1.807) is 6.92 Å². The summed E-state index contributed by atoms with van der Waals surface area (Å²) in [5.74, 6) is -1.13. The zero-order valence-corrected chi connectivity index (χ0v) is 10.9. The topological polar surface area (TPSA) is 62.2 Å². The highest BCUT2D eigenvalue weighted by Crippen LogP contribution is 2.18. The fourth-order valence-corrected chi connectivity index (χ4v) is 1.50. The van der Waals surface area contributed by atoms with E-state index >= 15 is 0 Å². The molecule has 0 fully saturated rings. The second kappa shape index (κ2) is 5.91. The maximum absolute atomic E-state index is 12.8. The number of nitrogens with one attached hydrogen (secondary N) is 1. The van der Waals surface area contributed by atoms with Gasteiger partial charge in [0, 0.05) is 6.54 Å². The summed E-state index contributed by atoms with van der Waals surface area (Å²) in [6.07, 6.45) is 0.807. The van der Waals surface area contributed by atoms with Crippen LogP contribution in [0.3, 0.4) is 0 Å². The van der Waals surface area contributed by atoms with E-state index in [4.69, 9.17) is 0 Å². The monoisotopic (exact) mass is 254 g/mol. The minimum atomic E-state index is -0.988. The lowest BCUT2D eigenvalue weighted by Crippen LogP contribution is -2.45. The predicted molar refractivity (Wildman–Crippen MR) is 66.6 cm³/mol. The molecular formula is C13H19FN2O2. The lowest BCUT2D eigenvalue weighted by atomic mass is 9.88. The molecule has 1 amide bonds. The van der Waals surface area contributed by atoms with Crippen molar-refractivity contribution in [2.24, 2.45) is 5.92 Å². The van der Waals surface area contributed by atoms with E-state index in [2.05, 4.69) is 10.3 Å². The van der Waals surface area contributed by atoms with E-state index in [0.29, 0.717) is 0 Å². The highest BCUT2D eigenvalue weighted by atomic mass is 19.1. The molecule has 18 heavy (non-hydrogen) atoms. The third-order valence-corrected chi connectivity index (χ3v) is 3.23. The molecule has 2 N–H and O–H groups in total. The molecular weight excluding hydrogens is 235 g/mol. The fourth-order valence-electron chi connectivity index (χ4n) is 1.50. The van der Waals surface area contributed by atoms with Crippen molar-refractivity contribution in [2.45, 2.75) is 32.8 Å². The van der Waals surface area contributed by atoms with Gasteiger partial charge in [-0.15, -0.1) is 0 Å². The molecule has 0 aliphatic carbocycles. The average molecular weight is 254 g/mol. The fraction of sp³-hybridized carbons (Fsp3) is 0.538. The molecule has 0 aliphatic heterocycles. The summed E-state index contributed by atoms with van der Waals surface area (Å²) in [5, 5.41) is 12.7. The summed E-state index contributed by atoms with van der Waals surface area (Å²) < 4.78 is 12.8. The average Bonchev–Trinajstić information content (AvgIpc) is 2.35. The van der Waals surface area contributed by atoms with Gasteiger partial charge >= 0.3 is 0 Å². The van der Waals surface area contributed by atoms with Crippen LogP contribution >= 0.6 is 0 Å². The van der Waals surface area contributed by atoms with Gasteiger partial charge in [0.25, 0.3) is 5.91 Å². The Labute approximate surface area is 106 Å². The van der Waals surface area contributed by atoms with Crippen molar-refractivity contribution in [3.8, 4) is 0 Å². The molecule has 0 aromatic carbocycles. The van der Waals surface area contributed by atoms with Crippen molar-refractivity contribution < 1.29 is 14.3 Å². The van der Waals surface area contributed by atoms with Gasteiger partial charge in [-0.3, -0.25) is 4.79 Å². The standard InChI is InChI=1S/C13H19FN2O2/c1-4-9(2)13(3,18)8-15-12(17)10-6-5-7-11(14)16-10/h5-7,9,18H,4,8H2,1-3H3,(H,15,17). The number of aromatic nitrogens is 1. The van der Waals surface area contributed by atoms with Gasteiger partial charge in [-0.05, 0) is 25.0 Å². The van der Waals surface area contributed by atoms with Crippen molar-refractivity contribution >= 4 is 5.91 Å². The van der Waals surface area contributed by atoms with Crippen molar-refractivity contribution in [1.29, 1.82) is 0 Å². The van der Waals surface area contributed by atoms with Crippen LogP contribution in [0.5, 0.6) is 0 Å². The molecule has 0 saturated carbocycles. The van der Waals surface area contributed by atoms with Crippen LogP contribution in [0.2, 0.25) is 0 Å². The van der Waals surface area contributed by atoms with Crippen molar-refractivity contribution in [2.75, 3.05) is 6.54 Å². The SMILES string of the molecule is CCC(C)C(C)(O)CNC(=O)c1cccc(F)n1. The zero-order valence-electron chi connectivity index (χ0n) is 10.9. The number of hydrogen-bond donors (Lipinski definition) is 2. The van der Waals surface area contributed by atoms with Crippen LogP contribution in [0.4, 0.5) is 4.39 Å². The molecule has 1 aromatic heterocycles. The van der Waals surface area contributed by atoms with E-state index in [9.17, 15) is 14.3 Å². The van der Waals surface area contributed by atoms with E-state index in [1.807, 2.05) is 13.8 Å². The third kappa shape index (κ3) is 3.77. The Balaban J connectivity index is 2.61. The minimum Gasteiger partial charge on any atom is -0.388 e. The number of nitrogens with zero attached hydrogens (tertiary/aromatic N) is 1. The van der Waals surface area contributed by atoms with Crippen LogP contribution in [0.15, 0.2) is 18.2 Å². The molecule has 0 radical (unpaired) electrons. The number of carbonyl (C=O) groups excluding carboxylic acids is 1. The molecule has 1 heterocycles. The molecule has 100 valence electrons. The Morgan fingerprint density at radius 2 is 2.28 bits per heavy atom. The summed E-state index contributed by atoms with van der Waals surface area (Å²) in [6.45, 7) is 5.65. The first-order chi connectivity index (χ1) is 8.36. The number of carbonyl (C=O) groups is 1. The third-order valence-electron chi connectivity index (χ3n) is 3.23. The van der Waals surface area contributed by atoms with E-state index in [1.165, 1.54) is 18.2 Å². The van der Waals surface area contributed by atoms with Crippen LogP contribution in [0.25, 0.3) is 0 Å². The van der Waals surface area contributed by atoms with Gasteiger partial charge in [-0.25, -0.2) is 4.98 Å². The van der Waals surface area contributed by atoms with Crippen LogP contribution in [-0.4, -0.2) is 28.1 Å². The highest BCUT2D eigenvalue weighted by molar-refractivity contribution is 5.92. The molecule has 1 aromatic rings. The molecule has 4 nitrogen and oxygen atoms in total. The molecule has 5 heteroatoms. The maximum Gasteiger partial charge on any atom is 0.270 e. The number of rotatable bonds is 5. The number of aliphatic hydroxyl groups is 1. The number of pyridine rings is 1. The molecule has 0 bridgehead atoms. The molecule has 0 spiro atoms. The summed E-state index contributed by atoms with van der Waals surface area (Å²) in [6, 6.07) is 4.02. The van der Waals surface area contributed by atoms with Crippen LogP contribution in [0.1, 0.15) is 37.7 Å². The van der Waals surface area contributed by atoms with E-state index in [0.717, 1.165) is 6.42 Å². The Morgan fingerprint density at radius 1 is 1.61 bits per heavy atom. The van der Waals surface area contributed by atoms with E-state index in [-0.39, 0.29) is 18.2 Å². The molecule has 1 rings (SSSR count). The number of amides is 1. The van der Waals surface area contributed by atoms with Crippen molar-refractivity contribution in [3.05, 3.63) is 29.8 Å². The second-order valence-corrected chi connectivity index (χ2v) is 4.69. The van der Waals surface area contributed by atoms with Crippen molar-refractivity contribution in [1.82, 2.24) is 10.3 Å². The number of halogens is 1. The zero-order chi connectivity index (χ0) is 13.8. The van der Waals surface area contributed by atoms with Gasteiger partial charge in [0.1, 0.15) is 5.69 Å². The first kappa shape index (κ1) is 14.6. The first-order valence-electron chi connectivity index (χ1n) is 6.00. The lowest BCUT2D eigenvalue weighted by molar-refractivity contribution is 0.00587. The van der Waals surface area contributed by atoms with Gasteiger partial charge in [0.15, 0.2) is 0 Å². The van der Waals surface area contributed by atoms with E-state index < -0.39 is 17.5 Å². The van der Waals surface area contributed by atoms with Gasteiger partial charge in [-0.1, -0.05) is 26.3 Å². The highest BCUT2D eigenvalue weighted by Gasteiger charge is 2.27. The molecule has 0 saturated heterocycles. The van der Waals surface area contributed by atoms with Crippen LogP contribution in [-0.2, 0) is 0 Å². The lowest BCUT2D eigenvalue weighted by Gasteiger charge is -2.29. The quantitative estimate of drug-likeness (QED) is 0.787. The Hall–Kier alpha value is -1.49. The summed E-state index contributed by atoms with van der Waals surface area (Å²) in [7, 11) is 0. The van der Waals surface area contributed by atoms with Gasteiger partial charge < -0.3 is 10.4 Å². The smallest absolute Gasteiger partial charge is 0.270 e. The van der Waals surface area contributed by atoms with Crippen molar-refractivity contribution in [3.63, 3.8) is 0 Å². The predicted octanol–water partition coefficient (Wildman–Crippen LogP) is 1.75. The first-order valence-corrected chi connectivity index (χ1v) is 6.00. The molecule has 0 aliphatic rings. The minimum absolute atomic E-state index is 0.00921. The Kier molecular flexibility index (Phi) is 4.78. The number of hydrogen-bond acceptors (Lipinski definition) is 3. The van der Waals surface area contributed by atoms with Crippen LogP contribution < -0.4 is 5.32 Å². The second-order valence-electron chi connectivity index (χ2n) is 4.69. The largest absolute Gasteiger partial charge is 0.388 e. The van der Waals surface area contributed by atoms with Crippen LogP contribution in [0, 0.1) is 11.9 Å². The molecule has 2 atom stereocenters. The molecule has 2 unspecified atom stereocenters. The summed E-state index contributed by atoms with van der Waals surface area (Å²) in [4.78, 5) is 15.2. The summed E-state index contributed by atoms with van der Waals surface area (Å²) in [5.41, 5.74) is -0.979. The summed E-state index contributed by atoms with van der Waals surface area (Å²) >= 11 is 0. The maximum atomic E-state index is 12.8. The Morgan fingerprint density at radius 3 is 2.83 bits per heavy atom. The Bertz CT molecular complexity index is 421. The van der Waals surface area contributed by atoms with Gasteiger partial charge in [0.05, 0.1) is 5.60 Å². The normalized spacial score (nSPS) is 15.8.